The average Bonchev–Trinajstić information content (AvgIpc) is 2.35. The molecule has 1 fully saturated rings. The summed E-state index contributed by atoms with van der Waals surface area (Å²) in [4.78, 5) is 7.56. The first-order chi connectivity index (χ1) is 8.15. The molecule has 0 bridgehead atoms. The molecule has 1 aliphatic rings. The minimum atomic E-state index is -0.520. The van der Waals surface area contributed by atoms with Crippen molar-refractivity contribution >= 4 is 17.4 Å². The van der Waals surface area contributed by atoms with Gasteiger partial charge < -0.3 is 20.3 Å². The molecular formula is C10H14ClN3O3. The highest BCUT2D eigenvalue weighted by atomic mass is 35.5. The van der Waals surface area contributed by atoms with Crippen LogP contribution in [0.2, 0.25) is 5.28 Å². The molecule has 1 aromatic rings. The topological polar surface area (TPSA) is 87.5 Å². The summed E-state index contributed by atoms with van der Waals surface area (Å²) in [6.07, 6.45) is 2.51. The van der Waals surface area contributed by atoms with Crippen LogP contribution in [0.25, 0.3) is 0 Å². The Hall–Kier alpha value is -1.11. The smallest absolute Gasteiger partial charge is 0.224 e. The summed E-state index contributed by atoms with van der Waals surface area (Å²) in [6.45, 7) is 1.07. The number of halogens is 1. The summed E-state index contributed by atoms with van der Waals surface area (Å²) in [5.74, 6) is 0.148. The normalized spacial score (nSPS) is 18.9. The van der Waals surface area contributed by atoms with Gasteiger partial charge in [0.1, 0.15) is 0 Å². The third-order valence-corrected chi connectivity index (χ3v) is 3.06. The molecule has 1 aliphatic heterocycles. The fourth-order valence-corrected chi connectivity index (χ4v) is 1.92. The van der Waals surface area contributed by atoms with Crippen molar-refractivity contribution in [1.82, 2.24) is 9.97 Å². The largest absolute Gasteiger partial charge is 0.503 e. The zero-order chi connectivity index (χ0) is 12.3. The number of aliphatic hydroxyl groups is 1. The lowest BCUT2D eigenvalue weighted by molar-refractivity contribution is 0.0377. The van der Waals surface area contributed by atoms with Crippen molar-refractivity contribution in [2.75, 3.05) is 25.1 Å². The molecule has 0 radical (unpaired) electrons. The number of nitrogens with one attached hydrogen (secondary N) is 1. The number of nitrogens with zero attached hydrogens (tertiary/aromatic N) is 2. The monoisotopic (exact) mass is 259 g/mol. The van der Waals surface area contributed by atoms with E-state index >= 15 is 0 Å². The predicted octanol–water partition coefficient (Wildman–Crippen LogP) is 0.789. The van der Waals surface area contributed by atoms with E-state index in [1.165, 1.54) is 6.20 Å². The molecule has 0 atom stereocenters. The van der Waals surface area contributed by atoms with Gasteiger partial charge >= 0.3 is 0 Å². The van der Waals surface area contributed by atoms with E-state index in [0.717, 1.165) is 0 Å². The third kappa shape index (κ3) is 2.77. The SMILES string of the molecule is OCC1(Nc2nc(Cl)ncc2O)CCOCC1. The van der Waals surface area contributed by atoms with Crippen LogP contribution < -0.4 is 5.32 Å². The molecule has 0 aliphatic carbocycles. The van der Waals surface area contributed by atoms with Crippen molar-refractivity contribution in [2.45, 2.75) is 18.4 Å². The van der Waals surface area contributed by atoms with E-state index in [0.29, 0.717) is 26.1 Å². The van der Waals surface area contributed by atoms with E-state index in [1.807, 2.05) is 0 Å². The first-order valence-electron chi connectivity index (χ1n) is 5.33. The second kappa shape index (κ2) is 5.03. The minimum absolute atomic E-state index is 0.0467. The first-order valence-corrected chi connectivity index (χ1v) is 5.71. The Morgan fingerprint density at radius 1 is 1.47 bits per heavy atom. The van der Waals surface area contributed by atoms with Crippen LogP contribution in [-0.2, 0) is 4.74 Å². The zero-order valence-corrected chi connectivity index (χ0v) is 9.94. The standard InChI is InChI=1S/C10H14ClN3O3/c11-9-12-5-7(16)8(13-9)14-10(6-15)1-3-17-4-2-10/h5,15-16H,1-4,6H2,(H,12,13,14). The van der Waals surface area contributed by atoms with E-state index in [9.17, 15) is 10.2 Å². The van der Waals surface area contributed by atoms with E-state index in [4.69, 9.17) is 16.3 Å². The molecule has 17 heavy (non-hydrogen) atoms. The van der Waals surface area contributed by atoms with Crippen LogP contribution in [0.5, 0.6) is 5.75 Å². The van der Waals surface area contributed by atoms with Gasteiger partial charge in [-0.3, -0.25) is 0 Å². The summed E-state index contributed by atoms with van der Waals surface area (Å²) >= 11 is 5.66. The number of aromatic hydroxyl groups is 1. The molecular weight excluding hydrogens is 246 g/mol. The van der Waals surface area contributed by atoms with Gasteiger partial charge in [-0.05, 0) is 24.4 Å². The van der Waals surface area contributed by atoms with Crippen LogP contribution in [0.15, 0.2) is 6.20 Å². The second-order valence-electron chi connectivity index (χ2n) is 4.05. The highest BCUT2D eigenvalue weighted by Gasteiger charge is 2.33. The van der Waals surface area contributed by atoms with Crippen LogP contribution in [0.3, 0.4) is 0 Å². The Morgan fingerprint density at radius 2 is 2.18 bits per heavy atom. The Balaban J connectivity index is 2.20. The lowest BCUT2D eigenvalue weighted by Gasteiger charge is -2.36. The van der Waals surface area contributed by atoms with Crippen LogP contribution >= 0.6 is 11.6 Å². The maximum atomic E-state index is 9.62. The average molecular weight is 260 g/mol. The van der Waals surface area contributed by atoms with Crippen molar-refractivity contribution in [2.24, 2.45) is 0 Å². The molecule has 1 aromatic heterocycles. The number of aromatic nitrogens is 2. The van der Waals surface area contributed by atoms with Gasteiger partial charge in [0.2, 0.25) is 5.28 Å². The van der Waals surface area contributed by atoms with Gasteiger partial charge in [0.25, 0.3) is 0 Å². The molecule has 2 heterocycles. The molecule has 0 saturated carbocycles. The highest BCUT2D eigenvalue weighted by Crippen LogP contribution is 2.29. The number of hydrogen-bond donors (Lipinski definition) is 3. The molecule has 1 saturated heterocycles. The number of anilines is 1. The summed E-state index contributed by atoms with van der Waals surface area (Å²) in [7, 11) is 0. The van der Waals surface area contributed by atoms with Crippen molar-refractivity contribution < 1.29 is 14.9 Å². The number of ether oxygens (including phenoxy) is 1. The minimum Gasteiger partial charge on any atom is -0.503 e. The fourth-order valence-electron chi connectivity index (χ4n) is 1.78. The van der Waals surface area contributed by atoms with Crippen LogP contribution in [0.4, 0.5) is 5.82 Å². The Labute approximate surface area is 104 Å². The van der Waals surface area contributed by atoms with Gasteiger partial charge in [0, 0.05) is 13.2 Å². The number of rotatable bonds is 3. The maximum absolute atomic E-state index is 9.62. The van der Waals surface area contributed by atoms with Gasteiger partial charge in [0.15, 0.2) is 11.6 Å². The maximum Gasteiger partial charge on any atom is 0.224 e. The first kappa shape index (κ1) is 12.3. The summed E-state index contributed by atoms with van der Waals surface area (Å²) in [6, 6.07) is 0. The lowest BCUT2D eigenvalue weighted by atomic mass is 9.91. The molecule has 7 heteroatoms. The highest BCUT2D eigenvalue weighted by molar-refractivity contribution is 6.28. The summed E-state index contributed by atoms with van der Waals surface area (Å²) in [5, 5.41) is 22.2. The third-order valence-electron chi connectivity index (χ3n) is 2.88. The molecule has 3 N–H and O–H groups in total. The molecule has 94 valence electrons. The van der Waals surface area contributed by atoms with Gasteiger partial charge in [-0.2, -0.15) is 4.98 Å². The molecule has 0 aromatic carbocycles. The van der Waals surface area contributed by atoms with E-state index < -0.39 is 5.54 Å². The van der Waals surface area contributed by atoms with Crippen molar-refractivity contribution in [3.63, 3.8) is 0 Å². The van der Waals surface area contributed by atoms with Crippen molar-refractivity contribution in [3.05, 3.63) is 11.5 Å². The Bertz CT molecular complexity index is 396. The van der Waals surface area contributed by atoms with Gasteiger partial charge in [-0.1, -0.05) is 0 Å². The second-order valence-corrected chi connectivity index (χ2v) is 4.39. The molecule has 2 rings (SSSR count). The van der Waals surface area contributed by atoms with Crippen molar-refractivity contribution in [1.29, 1.82) is 0 Å². The molecule has 0 unspecified atom stereocenters. The van der Waals surface area contributed by atoms with Crippen LogP contribution in [-0.4, -0.2) is 45.5 Å². The molecule has 0 spiro atoms. The van der Waals surface area contributed by atoms with Crippen molar-refractivity contribution in [3.8, 4) is 5.75 Å². The van der Waals surface area contributed by atoms with Crippen LogP contribution in [0, 0.1) is 0 Å². The van der Waals surface area contributed by atoms with Gasteiger partial charge in [0.05, 0.1) is 18.3 Å². The fraction of sp³-hybridized carbons (Fsp3) is 0.600. The molecule has 6 nitrogen and oxygen atoms in total. The Morgan fingerprint density at radius 3 is 2.82 bits per heavy atom. The summed E-state index contributed by atoms with van der Waals surface area (Å²) in [5.41, 5.74) is -0.520. The Kier molecular flexibility index (Phi) is 3.66. The van der Waals surface area contributed by atoms with Gasteiger partial charge in [-0.15, -0.1) is 0 Å². The number of hydrogen-bond acceptors (Lipinski definition) is 6. The van der Waals surface area contributed by atoms with E-state index in [-0.39, 0.29) is 23.5 Å². The van der Waals surface area contributed by atoms with Crippen LogP contribution in [0.1, 0.15) is 12.8 Å². The molecule has 0 amide bonds. The predicted molar refractivity (Wildman–Crippen MR) is 62.2 cm³/mol. The van der Waals surface area contributed by atoms with E-state index in [2.05, 4.69) is 15.3 Å². The zero-order valence-electron chi connectivity index (χ0n) is 9.19. The lowest BCUT2D eigenvalue weighted by Crippen LogP contribution is -2.47. The van der Waals surface area contributed by atoms with E-state index in [1.54, 1.807) is 0 Å². The summed E-state index contributed by atoms with van der Waals surface area (Å²) < 4.78 is 5.25. The van der Waals surface area contributed by atoms with Gasteiger partial charge in [-0.25, -0.2) is 4.98 Å². The number of aliphatic hydroxyl groups excluding tert-OH is 1. The quantitative estimate of drug-likeness (QED) is 0.696.